The monoisotopic (exact) mass is 180 g/mol. The van der Waals surface area contributed by atoms with E-state index >= 15 is 0 Å². The summed E-state index contributed by atoms with van der Waals surface area (Å²) in [6.07, 6.45) is 3.33. The number of nitrogens with zero attached hydrogens (tertiary/aromatic N) is 1. The zero-order valence-corrected chi connectivity index (χ0v) is 8.26. The lowest BCUT2D eigenvalue weighted by atomic mass is 9.94. The smallest absolute Gasteiger partial charge is 0.224 e. The summed E-state index contributed by atoms with van der Waals surface area (Å²) in [6.45, 7) is 3.86. The van der Waals surface area contributed by atoms with Crippen LogP contribution in [0.5, 0.6) is 0 Å². The number of carbonyl (C=O) groups excluding carboxylic acids is 1. The van der Waals surface area contributed by atoms with Gasteiger partial charge >= 0.3 is 0 Å². The first-order valence-corrected chi connectivity index (χ1v) is 4.90. The van der Waals surface area contributed by atoms with Gasteiger partial charge in [0.25, 0.3) is 0 Å². The number of rotatable bonds is 4. The first-order chi connectivity index (χ1) is 6.17. The van der Waals surface area contributed by atoms with Crippen molar-refractivity contribution in [3.05, 3.63) is 0 Å². The standard InChI is InChI=1S/C10H16N2O/c1-3-10(4-2,7-11)12-9(13)8-5-6-8/h8H,3-6H2,1-2H3,(H,12,13). The summed E-state index contributed by atoms with van der Waals surface area (Å²) in [7, 11) is 0. The van der Waals surface area contributed by atoms with Crippen molar-refractivity contribution in [2.45, 2.75) is 45.1 Å². The van der Waals surface area contributed by atoms with Crippen molar-refractivity contribution >= 4 is 5.91 Å². The predicted molar refractivity (Wildman–Crippen MR) is 49.8 cm³/mol. The summed E-state index contributed by atoms with van der Waals surface area (Å²) >= 11 is 0. The Morgan fingerprint density at radius 2 is 2.08 bits per heavy atom. The summed E-state index contributed by atoms with van der Waals surface area (Å²) in [5.74, 6) is 0.246. The molecule has 1 fully saturated rings. The molecule has 1 amide bonds. The molecule has 1 rings (SSSR count). The third-order valence-electron chi connectivity index (χ3n) is 2.73. The Bertz CT molecular complexity index is 234. The maximum Gasteiger partial charge on any atom is 0.224 e. The van der Waals surface area contributed by atoms with Crippen molar-refractivity contribution in [3.63, 3.8) is 0 Å². The predicted octanol–water partition coefficient (Wildman–Crippen LogP) is 1.59. The van der Waals surface area contributed by atoms with E-state index in [2.05, 4.69) is 11.4 Å². The van der Waals surface area contributed by atoms with Gasteiger partial charge in [0.1, 0.15) is 5.54 Å². The molecule has 0 heterocycles. The third-order valence-corrected chi connectivity index (χ3v) is 2.73. The largest absolute Gasteiger partial charge is 0.338 e. The quantitative estimate of drug-likeness (QED) is 0.714. The molecule has 1 saturated carbocycles. The summed E-state index contributed by atoms with van der Waals surface area (Å²) in [5.41, 5.74) is -0.625. The molecule has 0 spiro atoms. The number of amides is 1. The Hall–Kier alpha value is -1.04. The van der Waals surface area contributed by atoms with Gasteiger partial charge in [0.2, 0.25) is 5.91 Å². The van der Waals surface area contributed by atoms with Crippen LogP contribution in [0.1, 0.15) is 39.5 Å². The lowest BCUT2D eigenvalue weighted by Gasteiger charge is -2.24. The van der Waals surface area contributed by atoms with Crippen molar-refractivity contribution in [2.24, 2.45) is 5.92 Å². The highest BCUT2D eigenvalue weighted by Gasteiger charge is 2.35. The van der Waals surface area contributed by atoms with Crippen LogP contribution in [0, 0.1) is 17.2 Å². The molecule has 3 heteroatoms. The number of hydrogen-bond donors (Lipinski definition) is 1. The van der Waals surface area contributed by atoms with Crippen molar-refractivity contribution < 1.29 is 4.79 Å². The van der Waals surface area contributed by atoms with Gasteiger partial charge in [0.15, 0.2) is 0 Å². The van der Waals surface area contributed by atoms with Gasteiger partial charge in [-0.1, -0.05) is 13.8 Å². The molecule has 13 heavy (non-hydrogen) atoms. The first-order valence-electron chi connectivity index (χ1n) is 4.90. The third kappa shape index (κ3) is 2.21. The maximum atomic E-state index is 11.4. The number of carbonyl (C=O) groups is 1. The Labute approximate surface area is 79.1 Å². The van der Waals surface area contributed by atoms with E-state index in [1.807, 2.05) is 13.8 Å². The van der Waals surface area contributed by atoms with E-state index in [9.17, 15) is 4.79 Å². The fourth-order valence-corrected chi connectivity index (χ4v) is 1.30. The molecule has 0 aromatic carbocycles. The average Bonchev–Trinajstić information content (AvgIpc) is 2.97. The Kier molecular flexibility index (Phi) is 2.92. The normalized spacial score (nSPS) is 16.4. The van der Waals surface area contributed by atoms with Crippen LogP contribution in [-0.2, 0) is 4.79 Å². The topological polar surface area (TPSA) is 52.9 Å². The second-order valence-corrected chi connectivity index (χ2v) is 3.66. The van der Waals surface area contributed by atoms with Crippen LogP contribution in [0.2, 0.25) is 0 Å². The van der Waals surface area contributed by atoms with Gasteiger partial charge < -0.3 is 5.32 Å². The number of nitriles is 1. The van der Waals surface area contributed by atoms with Gasteiger partial charge in [-0.25, -0.2) is 0 Å². The van der Waals surface area contributed by atoms with E-state index in [1.165, 1.54) is 0 Å². The van der Waals surface area contributed by atoms with E-state index in [-0.39, 0.29) is 11.8 Å². The molecular weight excluding hydrogens is 164 g/mol. The van der Waals surface area contributed by atoms with Gasteiger partial charge in [0.05, 0.1) is 6.07 Å². The van der Waals surface area contributed by atoms with E-state index in [0.29, 0.717) is 12.8 Å². The molecule has 1 aliphatic carbocycles. The molecule has 0 saturated heterocycles. The molecule has 0 aromatic heterocycles. The molecule has 72 valence electrons. The van der Waals surface area contributed by atoms with Crippen molar-refractivity contribution in [1.29, 1.82) is 5.26 Å². The molecule has 0 aromatic rings. The van der Waals surface area contributed by atoms with E-state index in [1.54, 1.807) is 0 Å². The number of nitrogens with one attached hydrogen (secondary N) is 1. The second kappa shape index (κ2) is 3.78. The zero-order valence-electron chi connectivity index (χ0n) is 8.26. The number of hydrogen-bond acceptors (Lipinski definition) is 2. The second-order valence-electron chi connectivity index (χ2n) is 3.66. The Balaban J connectivity index is 2.56. The average molecular weight is 180 g/mol. The molecule has 0 bridgehead atoms. The molecule has 3 nitrogen and oxygen atoms in total. The summed E-state index contributed by atoms with van der Waals surface area (Å²) < 4.78 is 0. The van der Waals surface area contributed by atoms with Crippen LogP contribution < -0.4 is 5.32 Å². The summed E-state index contributed by atoms with van der Waals surface area (Å²) in [6, 6.07) is 2.20. The minimum Gasteiger partial charge on any atom is -0.338 e. The van der Waals surface area contributed by atoms with Gasteiger partial charge in [-0.2, -0.15) is 5.26 Å². The summed E-state index contributed by atoms with van der Waals surface area (Å²) in [4.78, 5) is 11.4. The fraction of sp³-hybridized carbons (Fsp3) is 0.800. The van der Waals surface area contributed by atoms with Gasteiger partial charge in [-0.3, -0.25) is 4.79 Å². The molecule has 0 radical (unpaired) electrons. The van der Waals surface area contributed by atoms with Crippen LogP contribution in [0.4, 0.5) is 0 Å². The van der Waals surface area contributed by atoms with Crippen LogP contribution in [0.25, 0.3) is 0 Å². The van der Waals surface area contributed by atoms with Crippen molar-refractivity contribution in [2.75, 3.05) is 0 Å². The van der Waals surface area contributed by atoms with Gasteiger partial charge in [-0.15, -0.1) is 0 Å². The SMILES string of the molecule is CCC(C#N)(CC)NC(=O)C1CC1. The highest BCUT2D eigenvalue weighted by atomic mass is 16.2. The minimum absolute atomic E-state index is 0.0604. The van der Waals surface area contributed by atoms with Gasteiger partial charge in [-0.05, 0) is 25.7 Å². The molecule has 1 N–H and O–H groups in total. The van der Waals surface area contributed by atoms with Crippen LogP contribution in [0.15, 0.2) is 0 Å². The Morgan fingerprint density at radius 1 is 1.54 bits per heavy atom. The highest BCUT2D eigenvalue weighted by molar-refractivity contribution is 5.82. The lowest BCUT2D eigenvalue weighted by molar-refractivity contribution is -0.123. The van der Waals surface area contributed by atoms with Crippen LogP contribution in [-0.4, -0.2) is 11.4 Å². The first kappa shape index (κ1) is 10.0. The van der Waals surface area contributed by atoms with Crippen molar-refractivity contribution in [3.8, 4) is 6.07 Å². The molecular formula is C10H16N2O. The van der Waals surface area contributed by atoms with E-state index in [0.717, 1.165) is 12.8 Å². The molecule has 0 aliphatic heterocycles. The lowest BCUT2D eigenvalue weighted by Crippen LogP contribution is -2.47. The van der Waals surface area contributed by atoms with E-state index in [4.69, 9.17) is 5.26 Å². The maximum absolute atomic E-state index is 11.4. The molecule has 1 aliphatic rings. The molecule has 0 atom stereocenters. The van der Waals surface area contributed by atoms with E-state index < -0.39 is 5.54 Å². The fourth-order valence-electron chi connectivity index (χ4n) is 1.30. The van der Waals surface area contributed by atoms with Crippen LogP contribution >= 0.6 is 0 Å². The Morgan fingerprint density at radius 3 is 2.38 bits per heavy atom. The van der Waals surface area contributed by atoms with Crippen LogP contribution in [0.3, 0.4) is 0 Å². The van der Waals surface area contributed by atoms with Crippen molar-refractivity contribution in [1.82, 2.24) is 5.32 Å². The zero-order chi connectivity index (χ0) is 9.90. The van der Waals surface area contributed by atoms with Gasteiger partial charge in [0, 0.05) is 5.92 Å². The minimum atomic E-state index is -0.625. The highest BCUT2D eigenvalue weighted by Crippen LogP contribution is 2.30. The molecule has 0 unspecified atom stereocenters. The summed E-state index contributed by atoms with van der Waals surface area (Å²) in [5, 5.41) is 11.8.